The van der Waals surface area contributed by atoms with Gasteiger partial charge in [0.2, 0.25) is 0 Å². The van der Waals surface area contributed by atoms with Gasteiger partial charge in [-0.25, -0.2) is 9.50 Å². The average molecular weight is 273 g/mol. The maximum absolute atomic E-state index is 4.75. The van der Waals surface area contributed by atoms with Crippen molar-refractivity contribution < 1.29 is 0 Å². The lowest BCUT2D eigenvalue weighted by atomic mass is 9.96. The molecule has 5 heteroatoms. The van der Waals surface area contributed by atoms with Gasteiger partial charge in [0.25, 0.3) is 0 Å². The summed E-state index contributed by atoms with van der Waals surface area (Å²) in [6.07, 6.45) is 7.59. The van der Waals surface area contributed by atoms with E-state index >= 15 is 0 Å². The minimum Gasteiger partial charge on any atom is -0.352 e. The van der Waals surface area contributed by atoms with Crippen LogP contribution in [0.2, 0.25) is 0 Å². The minimum absolute atomic E-state index is 0.489. The van der Waals surface area contributed by atoms with Gasteiger partial charge in [-0.15, -0.1) is 0 Å². The third kappa shape index (κ3) is 2.50. The summed E-state index contributed by atoms with van der Waals surface area (Å²) in [5, 5.41) is 7.77. The summed E-state index contributed by atoms with van der Waals surface area (Å²) in [7, 11) is 0. The number of rotatable bonds is 4. The van der Waals surface area contributed by atoms with E-state index < -0.39 is 0 Å². The molecule has 3 rings (SSSR count). The predicted octanol–water partition coefficient (Wildman–Crippen LogP) is 2.09. The van der Waals surface area contributed by atoms with Crippen LogP contribution in [0, 0.1) is 0 Å². The number of nitrogens with one attached hydrogen (secondary N) is 1. The Bertz CT molecular complexity index is 564. The highest BCUT2D eigenvalue weighted by molar-refractivity contribution is 5.48. The smallest absolute Gasteiger partial charge is 0.157 e. The maximum Gasteiger partial charge on any atom is 0.157 e. The number of fused-ring (bicyclic) bond motifs is 1. The van der Waals surface area contributed by atoms with Crippen LogP contribution in [0.3, 0.4) is 0 Å². The zero-order valence-electron chi connectivity index (χ0n) is 12.3. The van der Waals surface area contributed by atoms with Crippen LogP contribution < -0.4 is 10.2 Å². The van der Waals surface area contributed by atoms with Crippen molar-refractivity contribution in [1.82, 2.24) is 19.9 Å². The van der Waals surface area contributed by atoms with Crippen LogP contribution in [0.4, 0.5) is 5.82 Å². The first-order valence-corrected chi connectivity index (χ1v) is 7.60. The fraction of sp³-hybridized carbons (Fsp3) is 0.600. The molecule has 1 aliphatic heterocycles. The summed E-state index contributed by atoms with van der Waals surface area (Å²) in [6.45, 7) is 6.56. The van der Waals surface area contributed by atoms with Gasteiger partial charge in [0.1, 0.15) is 5.82 Å². The van der Waals surface area contributed by atoms with Gasteiger partial charge in [0.05, 0.1) is 6.20 Å². The van der Waals surface area contributed by atoms with E-state index in [1.165, 1.54) is 19.3 Å². The second kappa shape index (κ2) is 5.79. The molecule has 1 aliphatic rings. The first-order chi connectivity index (χ1) is 9.79. The number of aromatic nitrogens is 3. The molecule has 0 amide bonds. The van der Waals surface area contributed by atoms with Gasteiger partial charge in [-0.1, -0.05) is 6.92 Å². The van der Waals surface area contributed by atoms with Crippen molar-refractivity contribution in [3.63, 3.8) is 0 Å². The average Bonchev–Trinajstić information content (AvgIpc) is 2.95. The van der Waals surface area contributed by atoms with E-state index in [0.29, 0.717) is 12.1 Å². The maximum atomic E-state index is 4.75. The Morgan fingerprint density at radius 3 is 3.15 bits per heavy atom. The number of nitrogens with zero attached hydrogens (tertiary/aromatic N) is 4. The molecule has 0 bridgehead atoms. The molecular formula is C15H23N5. The molecule has 3 heterocycles. The van der Waals surface area contributed by atoms with E-state index in [1.807, 2.05) is 16.8 Å². The van der Waals surface area contributed by atoms with E-state index in [9.17, 15) is 0 Å². The van der Waals surface area contributed by atoms with Crippen LogP contribution in [-0.4, -0.2) is 39.8 Å². The Morgan fingerprint density at radius 1 is 1.40 bits per heavy atom. The normalized spacial score (nSPS) is 21.3. The standard InChI is InChI=1S/C15H23N5/c1-3-16-12(2)13-6-4-5-10-19(13)14-8-11-20-15(18-14)7-9-17-20/h7-9,11-13,16H,3-6,10H2,1-2H3. The molecule has 0 radical (unpaired) electrons. The SMILES string of the molecule is CCNC(C)C1CCCCN1c1ccn2nccc2n1. The van der Waals surface area contributed by atoms with Crippen LogP contribution in [0.25, 0.3) is 5.65 Å². The molecule has 1 saturated heterocycles. The van der Waals surface area contributed by atoms with E-state index in [2.05, 4.69) is 35.2 Å². The largest absolute Gasteiger partial charge is 0.352 e. The summed E-state index contributed by atoms with van der Waals surface area (Å²) in [6, 6.07) is 5.05. The van der Waals surface area contributed by atoms with Gasteiger partial charge in [-0.3, -0.25) is 0 Å². The quantitative estimate of drug-likeness (QED) is 0.926. The van der Waals surface area contributed by atoms with Crippen LogP contribution in [0.5, 0.6) is 0 Å². The number of hydrogen-bond donors (Lipinski definition) is 1. The van der Waals surface area contributed by atoms with Crippen LogP contribution in [-0.2, 0) is 0 Å². The van der Waals surface area contributed by atoms with Crippen molar-refractivity contribution in [2.75, 3.05) is 18.0 Å². The summed E-state index contributed by atoms with van der Waals surface area (Å²) in [5.74, 6) is 1.08. The Morgan fingerprint density at radius 2 is 2.30 bits per heavy atom. The molecule has 1 fully saturated rings. The minimum atomic E-state index is 0.489. The fourth-order valence-electron chi connectivity index (χ4n) is 3.18. The third-order valence-corrected chi connectivity index (χ3v) is 4.19. The van der Waals surface area contributed by atoms with Crippen LogP contribution >= 0.6 is 0 Å². The predicted molar refractivity (Wildman–Crippen MR) is 81.1 cm³/mol. The van der Waals surface area contributed by atoms with Gasteiger partial charge in [0, 0.05) is 30.9 Å². The van der Waals surface area contributed by atoms with Gasteiger partial charge < -0.3 is 10.2 Å². The van der Waals surface area contributed by atoms with Gasteiger partial charge in [-0.2, -0.15) is 5.10 Å². The molecule has 5 nitrogen and oxygen atoms in total. The molecule has 2 aromatic rings. The molecular weight excluding hydrogens is 250 g/mol. The van der Waals surface area contributed by atoms with Crippen LogP contribution in [0.15, 0.2) is 24.5 Å². The van der Waals surface area contributed by atoms with Crippen molar-refractivity contribution >= 4 is 11.5 Å². The fourth-order valence-corrected chi connectivity index (χ4v) is 3.18. The van der Waals surface area contributed by atoms with Gasteiger partial charge >= 0.3 is 0 Å². The molecule has 1 N–H and O–H groups in total. The van der Waals surface area contributed by atoms with Crippen molar-refractivity contribution in [3.05, 3.63) is 24.5 Å². The summed E-state index contributed by atoms with van der Waals surface area (Å²) >= 11 is 0. The highest BCUT2D eigenvalue weighted by atomic mass is 15.3. The van der Waals surface area contributed by atoms with E-state index in [4.69, 9.17) is 4.98 Å². The molecule has 2 unspecified atom stereocenters. The Kier molecular flexibility index (Phi) is 3.87. The van der Waals surface area contributed by atoms with Crippen molar-refractivity contribution in [3.8, 4) is 0 Å². The molecule has 2 atom stereocenters. The number of hydrogen-bond acceptors (Lipinski definition) is 4. The van der Waals surface area contributed by atoms with E-state index in [-0.39, 0.29) is 0 Å². The van der Waals surface area contributed by atoms with Crippen molar-refractivity contribution in [1.29, 1.82) is 0 Å². The Balaban J connectivity index is 1.88. The Hall–Kier alpha value is -1.62. The number of piperidine rings is 1. The lowest BCUT2D eigenvalue weighted by molar-refractivity contribution is 0.370. The van der Waals surface area contributed by atoms with Gasteiger partial charge in [-0.05, 0) is 38.8 Å². The Labute approximate surface area is 120 Å². The summed E-state index contributed by atoms with van der Waals surface area (Å²) in [5.41, 5.74) is 0.919. The van der Waals surface area contributed by atoms with E-state index in [0.717, 1.165) is 24.6 Å². The third-order valence-electron chi connectivity index (χ3n) is 4.19. The molecule has 0 aliphatic carbocycles. The zero-order chi connectivity index (χ0) is 13.9. The monoisotopic (exact) mass is 273 g/mol. The lowest BCUT2D eigenvalue weighted by Gasteiger charge is -2.40. The molecule has 2 aromatic heterocycles. The highest BCUT2D eigenvalue weighted by Gasteiger charge is 2.27. The number of anilines is 1. The summed E-state index contributed by atoms with van der Waals surface area (Å²) in [4.78, 5) is 7.21. The number of likely N-dealkylation sites (N-methyl/N-ethyl adjacent to an activating group) is 1. The van der Waals surface area contributed by atoms with E-state index in [1.54, 1.807) is 6.20 Å². The molecule has 0 aromatic carbocycles. The summed E-state index contributed by atoms with van der Waals surface area (Å²) < 4.78 is 1.82. The topological polar surface area (TPSA) is 45.5 Å². The molecule has 0 saturated carbocycles. The van der Waals surface area contributed by atoms with Crippen molar-refractivity contribution in [2.45, 2.75) is 45.2 Å². The highest BCUT2D eigenvalue weighted by Crippen LogP contribution is 2.25. The second-order valence-corrected chi connectivity index (χ2v) is 5.52. The second-order valence-electron chi connectivity index (χ2n) is 5.52. The van der Waals surface area contributed by atoms with Gasteiger partial charge in [0.15, 0.2) is 5.65 Å². The first kappa shape index (κ1) is 13.4. The molecule has 108 valence electrons. The lowest BCUT2D eigenvalue weighted by Crippen LogP contribution is -2.51. The molecule has 20 heavy (non-hydrogen) atoms. The van der Waals surface area contributed by atoms with Crippen LogP contribution in [0.1, 0.15) is 33.1 Å². The molecule has 0 spiro atoms. The first-order valence-electron chi connectivity index (χ1n) is 7.60. The van der Waals surface area contributed by atoms with Crippen molar-refractivity contribution in [2.24, 2.45) is 0 Å². The zero-order valence-corrected chi connectivity index (χ0v) is 12.3.